The van der Waals surface area contributed by atoms with Gasteiger partial charge >= 0.3 is 0 Å². The first-order valence-electron chi connectivity index (χ1n) is 9.71. The SMILES string of the molecule is CC(C)(C)c1ncc(C(=O)N2CCN(C(=O)C(C)(C)c3ccccc3)CC2)s1. The molecular formula is C22H29N3O2S. The molecule has 0 atom stereocenters. The number of piperazine rings is 1. The molecule has 2 amide bonds. The van der Waals surface area contributed by atoms with Gasteiger partial charge in [0.15, 0.2) is 0 Å². The number of aromatic nitrogens is 1. The van der Waals surface area contributed by atoms with Crippen molar-refractivity contribution in [2.45, 2.75) is 45.4 Å². The second-order valence-electron chi connectivity index (χ2n) is 8.86. The first-order valence-corrected chi connectivity index (χ1v) is 10.5. The maximum Gasteiger partial charge on any atom is 0.265 e. The molecule has 1 aliphatic rings. The number of carbonyl (C=O) groups excluding carboxylic acids is 2. The van der Waals surface area contributed by atoms with Crippen molar-refractivity contribution in [1.29, 1.82) is 0 Å². The molecule has 1 fully saturated rings. The summed E-state index contributed by atoms with van der Waals surface area (Å²) in [7, 11) is 0. The summed E-state index contributed by atoms with van der Waals surface area (Å²) < 4.78 is 0. The van der Waals surface area contributed by atoms with E-state index in [0.29, 0.717) is 31.1 Å². The molecule has 1 aliphatic heterocycles. The Bertz CT molecular complexity index is 844. The van der Waals surface area contributed by atoms with Crippen LogP contribution in [0.2, 0.25) is 0 Å². The number of amides is 2. The monoisotopic (exact) mass is 399 g/mol. The van der Waals surface area contributed by atoms with Crippen molar-refractivity contribution in [2.24, 2.45) is 0 Å². The normalized spacial score (nSPS) is 15.6. The molecule has 0 spiro atoms. The van der Waals surface area contributed by atoms with Crippen LogP contribution >= 0.6 is 11.3 Å². The lowest BCUT2D eigenvalue weighted by Gasteiger charge is -2.38. The lowest BCUT2D eigenvalue weighted by Crippen LogP contribution is -2.54. The summed E-state index contributed by atoms with van der Waals surface area (Å²) in [6, 6.07) is 9.87. The van der Waals surface area contributed by atoms with Gasteiger partial charge < -0.3 is 9.80 Å². The van der Waals surface area contributed by atoms with E-state index in [4.69, 9.17) is 0 Å². The minimum Gasteiger partial charge on any atom is -0.338 e. The van der Waals surface area contributed by atoms with E-state index in [-0.39, 0.29) is 17.2 Å². The van der Waals surface area contributed by atoms with Gasteiger partial charge in [-0.15, -0.1) is 11.3 Å². The van der Waals surface area contributed by atoms with E-state index < -0.39 is 5.41 Å². The van der Waals surface area contributed by atoms with E-state index in [1.165, 1.54) is 11.3 Å². The van der Waals surface area contributed by atoms with E-state index >= 15 is 0 Å². The quantitative estimate of drug-likeness (QED) is 0.791. The summed E-state index contributed by atoms with van der Waals surface area (Å²) in [5.41, 5.74) is 0.377. The van der Waals surface area contributed by atoms with Crippen LogP contribution in [0.4, 0.5) is 0 Å². The zero-order valence-electron chi connectivity index (χ0n) is 17.4. The molecule has 0 radical (unpaired) electrons. The predicted octanol–water partition coefficient (Wildman–Crippen LogP) is 3.70. The molecular weight excluding hydrogens is 370 g/mol. The van der Waals surface area contributed by atoms with Crippen LogP contribution in [-0.2, 0) is 15.6 Å². The van der Waals surface area contributed by atoms with Crippen LogP contribution in [0.5, 0.6) is 0 Å². The number of rotatable bonds is 3. The molecule has 0 unspecified atom stereocenters. The molecule has 0 saturated carbocycles. The van der Waals surface area contributed by atoms with E-state index in [0.717, 1.165) is 10.6 Å². The lowest BCUT2D eigenvalue weighted by atomic mass is 9.83. The number of nitrogens with zero attached hydrogens (tertiary/aromatic N) is 3. The highest BCUT2D eigenvalue weighted by Gasteiger charge is 2.36. The third-order valence-corrected chi connectivity index (χ3v) is 6.65. The Balaban J connectivity index is 1.63. The summed E-state index contributed by atoms with van der Waals surface area (Å²) in [5, 5.41) is 0.967. The van der Waals surface area contributed by atoms with Gasteiger partial charge in [0, 0.05) is 31.6 Å². The van der Waals surface area contributed by atoms with Gasteiger partial charge in [-0.2, -0.15) is 0 Å². The van der Waals surface area contributed by atoms with E-state index in [1.54, 1.807) is 6.20 Å². The molecule has 1 aromatic carbocycles. The van der Waals surface area contributed by atoms with Gasteiger partial charge in [0.05, 0.1) is 16.6 Å². The fourth-order valence-electron chi connectivity index (χ4n) is 3.36. The van der Waals surface area contributed by atoms with Crippen LogP contribution in [0.1, 0.15) is 54.9 Å². The molecule has 0 aliphatic carbocycles. The molecule has 1 aromatic heterocycles. The van der Waals surface area contributed by atoms with Crippen LogP contribution in [0, 0.1) is 0 Å². The highest BCUT2D eigenvalue weighted by atomic mass is 32.1. The second kappa shape index (κ2) is 7.66. The van der Waals surface area contributed by atoms with Crippen molar-refractivity contribution in [2.75, 3.05) is 26.2 Å². The zero-order valence-corrected chi connectivity index (χ0v) is 18.2. The predicted molar refractivity (Wildman–Crippen MR) is 113 cm³/mol. The smallest absolute Gasteiger partial charge is 0.265 e. The van der Waals surface area contributed by atoms with Gasteiger partial charge in [0.25, 0.3) is 5.91 Å². The number of benzene rings is 1. The minimum absolute atomic E-state index is 0.0161. The Morgan fingerprint density at radius 3 is 2.04 bits per heavy atom. The van der Waals surface area contributed by atoms with Crippen molar-refractivity contribution in [1.82, 2.24) is 14.8 Å². The number of carbonyl (C=O) groups is 2. The largest absolute Gasteiger partial charge is 0.338 e. The summed E-state index contributed by atoms with van der Waals surface area (Å²) in [6.45, 7) is 12.5. The third kappa shape index (κ3) is 4.12. The van der Waals surface area contributed by atoms with E-state index in [2.05, 4.69) is 25.8 Å². The first-order chi connectivity index (χ1) is 13.1. The third-order valence-electron chi connectivity index (χ3n) is 5.24. The van der Waals surface area contributed by atoms with Gasteiger partial charge in [-0.05, 0) is 19.4 Å². The molecule has 1 saturated heterocycles. The molecule has 0 bridgehead atoms. The average Bonchev–Trinajstić information content (AvgIpc) is 3.18. The number of hydrogen-bond acceptors (Lipinski definition) is 4. The minimum atomic E-state index is -0.577. The molecule has 150 valence electrons. The molecule has 3 rings (SSSR count). The van der Waals surface area contributed by atoms with Crippen molar-refractivity contribution in [3.8, 4) is 0 Å². The maximum absolute atomic E-state index is 13.1. The standard InChI is InChI=1S/C22H29N3O2S/c1-21(2,3)19-23-15-17(28-19)18(26)24-11-13-25(14-12-24)20(27)22(4,5)16-9-7-6-8-10-16/h6-10,15H,11-14H2,1-5H3. The Morgan fingerprint density at radius 1 is 0.929 bits per heavy atom. The van der Waals surface area contributed by atoms with Gasteiger partial charge in [-0.1, -0.05) is 51.1 Å². The fourth-order valence-corrected chi connectivity index (χ4v) is 4.30. The molecule has 6 heteroatoms. The van der Waals surface area contributed by atoms with Crippen LogP contribution in [0.3, 0.4) is 0 Å². The van der Waals surface area contributed by atoms with Crippen LogP contribution < -0.4 is 0 Å². The maximum atomic E-state index is 13.1. The van der Waals surface area contributed by atoms with E-state index in [1.807, 2.05) is 54.0 Å². The van der Waals surface area contributed by atoms with Gasteiger partial charge in [0.1, 0.15) is 4.88 Å². The number of thiazole rings is 1. The average molecular weight is 400 g/mol. The van der Waals surface area contributed by atoms with Crippen LogP contribution in [0.25, 0.3) is 0 Å². The molecule has 28 heavy (non-hydrogen) atoms. The van der Waals surface area contributed by atoms with E-state index in [9.17, 15) is 9.59 Å². The molecule has 2 aromatic rings. The van der Waals surface area contributed by atoms with Crippen molar-refractivity contribution < 1.29 is 9.59 Å². The second-order valence-corrected chi connectivity index (χ2v) is 9.89. The Hall–Kier alpha value is -2.21. The molecule has 0 N–H and O–H groups in total. The lowest BCUT2D eigenvalue weighted by molar-refractivity contribution is -0.137. The summed E-state index contributed by atoms with van der Waals surface area (Å²) >= 11 is 1.47. The Kier molecular flexibility index (Phi) is 5.62. The van der Waals surface area contributed by atoms with Gasteiger partial charge in [-0.25, -0.2) is 4.98 Å². The van der Waals surface area contributed by atoms with Crippen molar-refractivity contribution in [3.63, 3.8) is 0 Å². The van der Waals surface area contributed by atoms with Crippen LogP contribution in [0.15, 0.2) is 36.5 Å². The summed E-state index contributed by atoms with van der Waals surface area (Å²) in [6.07, 6.45) is 1.68. The number of hydrogen-bond donors (Lipinski definition) is 0. The van der Waals surface area contributed by atoms with Gasteiger partial charge in [0.2, 0.25) is 5.91 Å². The fraction of sp³-hybridized carbons (Fsp3) is 0.500. The summed E-state index contributed by atoms with van der Waals surface area (Å²) in [5.74, 6) is 0.126. The topological polar surface area (TPSA) is 53.5 Å². The first kappa shape index (κ1) is 20.5. The highest BCUT2D eigenvalue weighted by Crippen LogP contribution is 2.29. The summed E-state index contributed by atoms with van der Waals surface area (Å²) in [4.78, 5) is 34.7. The van der Waals surface area contributed by atoms with Crippen LogP contribution in [-0.4, -0.2) is 52.8 Å². The van der Waals surface area contributed by atoms with Crippen molar-refractivity contribution in [3.05, 3.63) is 52.0 Å². The highest BCUT2D eigenvalue weighted by molar-refractivity contribution is 7.13. The van der Waals surface area contributed by atoms with Crippen molar-refractivity contribution >= 4 is 23.2 Å². The zero-order chi connectivity index (χ0) is 20.5. The molecule has 5 nitrogen and oxygen atoms in total. The van der Waals surface area contributed by atoms with Gasteiger partial charge in [-0.3, -0.25) is 9.59 Å². The Morgan fingerprint density at radius 2 is 1.50 bits per heavy atom. The Labute approximate surface area is 171 Å². The molecule has 2 heterocycles.